The molecule has 0 saturated heterocycles. The highest BCUT2D eigenvalue weighted by Crippen LogP contribution is 2.27. The summed E-state index contributed by atoms with van der Waals surface area (Å²) < 4.78 is 55.5. The fourth-order valence-electron chi connectivity index (χ4n) is 2.92. The van der Waals surface area contributed by atoms with E-state index in [1.54, 1.807) is 11.5 Å². The van der Waals surface area contributed by atoms with Crippen LogP contribution in [-0.2, 0) is 16.6 Å². The lowest BCUT2D eigenvalue weighted by Crippen LogP contribution is -2.28. The molecule has 1 heterocycles. The summed E-state index contributed by atoms with van der Waals surface area (Å²) in [4.78, 5) is 4.53. The molecule has 5 nitrogen and oxygen atoms in total. The first kappa shape index (κ1) is 19.7. The Morgan fingerprint density at radius 1 is 1.19 bits per heavy atom. The first-order valence-electron chi connectivity index (χ1n) is 8.29. The summed E-state index contributed by atoms with van der Waals surface area (Å²) in [5, 5.41) is 0.435. The standard InChI is InChI=1S/C18H18ClF2N3O2S/c1-3-24-16-10-12(17(20)21)4-9-15(16)22-18(24)11(2)23-27(25,26)14-7-5-13(19)6-8-14/h4-11,17,23H,3H2,1-2H3. The summed E-state index contributed by atoms with van der Waals surface area (Å²) in [5.41, 5.74) is 0.981. The van der Waals surface area contributed by atoms with Crippen molar-refractivity contribution in [2.75, 3.05) is 0 Å². The van der Waals surface area contributed by atoms with Gasteiger partial charge in [0.25, 0.3) is 6.43 Å². The van der Waals surface area contributed by atoms with E-state index in [0.717, 1.165) is 0 Å². The summed E-state index contributed by atoms with van der Waals surface area (Å²) in [6.45, 7) is 3.97. The van der Waals surface area contributed by atoms with Gasteiger partial charge in [0.1, 0.15) is 5.82 Å². The minimum Gasteiger partial charge on any atom is -0.327 e. The van der Waals surface area contributed by atoms with Crippen molar-refractivity contribution >= 4 is 32.7 Å². The smallest absolute Gasteiger partial charge is 0.263 e. The van der Waals surface area contributed by atoms with E-state index in [1.807, 2.05) is 6.92 Å². The molecule has 3 rings (SSSR count). The Morgan fingerprint density at radius 3 is 2.44 bits per heavy atom. The number of benzene rings is 2. The minimum atomic E-state index is -3.79. The zero-order valence-electron chi connectivity index (χ0n) is 14.7. The third kappa shape index (κ3) is 3.97. The van der Waals surface area contributed by atoms with Crippen LogP contribution in [0.2, 0.25) is 5.02 Å². The van der Waals surface area contributed by atoms with Gasteiger partial charge in [-0.1, -0.05) is 17.7 Å². The molecule has 0 aliphatic heterocycles. The largest absolute Gasteiger partial charge is 0.327 e. The van der Waals surface area contributed by atoms with E-state index < -0.39 is 22.5 Å². The predicted octanol–water partition coefficient (Wildman–Crippen LogP) is 4.69. The van der Waals surface area contributed by atoms with Gasteiger partial charge in [-0.25, -0.2) is 26.9 Å². The number of aryl methyl sites for hydroxylation is 1. The third-order valence-corrected chi connectivity index (χ3v) is 6.02. The molecule has 0 radical (unpaired) electrons. The van der Waals surface area contributed by atoms with Gasteiger partial charge >= 0.3 is 0 Å². The monoisotopic (exact) mass is 413 g/mol. The molecule has 2 aromatic carbocycles. The lowest BCUT2D eigenvalue weighted by Gasteiger charge is -2.15. The molecule has 0 aliphatic carbocycles. The number of nitrogens with zero attached hydrogens (tertiary/aromatic N) is 2. The fourth-order valence-corrected chi connectivity index (χ4v) is 4.25. The van der Waals surface area contributed by atoms with Gasteiger partial charge in [-0.15, -0.1) is 0 Å². The van der Waals surface area contributed by atoms with Crippen molar-refractivity contribution in [1.82, 2.24) is 14.3 Å². The molecular weight excluding hydrogens is 396 g/mol. The molecule has 0 fully saturated rings. The van der Waals surface area contributed by atoms with Gasteiger partial charge in [0, 0.05) is 17.1 Å². The van der Waals surface area contributed by atoms with Crippen molar-refractivity contribution in [3.63, 3.8) is 0 Å². The predicted molar refractivity (Wildman–Crippen MR) is 101 cm³/mol. The topological polar surface area (TPSA) is 64.0 Å². The maximum absolute atomic E-state index is 13.0. The van der Waals surface area contributed by atoms with E-state index in [-0.39, 0.29) is 10.5 Å². The highest BCUT2D eigenvalue weighted by atomic mass is 35.5. The highest BCUT2D eigenvalue weighted by Gasteiger charge is 2.23. The Balaban J connectivity index is 1.97. The number of fused-ring (bicyclic) bond motifs is 1. The number of alkyl halides is 2. The number of halogens is 3. The van der Waals surface area contributed by atoms with Gasteiger partial charge in [0.05, 0.1) is 22.0 Å². The summed E-state index contributed by atoms with van der Waals surface area (Å²) in [5.74, 6) is 0.455. The van der Waals surface area contributed by atoms with Crippen LogP contribution in [0.4, 0.5) is 8.78 Å². The second-order valence-corrected chi connectivity index (χ2v) is 8.21. The number of sulfonamides is 1. The summed E-state index contributed by atoms with van der Waals surface area (Å²) in [6.07, 6.45) is -2.58. The van der Waals surface area contributed by atoms with Crippen molar-refractivity contribution in [3.8, 4) is 0 Å². The normalized spacial score (nSPS) is 13.4. The van der Waals surface area contributed by atoms with Gasteiger partial charge in [-0.3, -0.25) is 0 Å². The lowest BCUT2D eigenvalue weighted by atomic mass is 10.2. The van der Waals surface area contributed by atoms with E-state index >= 15 is 0 Å². The fraction of sp³-hybridized carbons (Fsp3) is 0.278. The number of hydrogen-bond acceptors (Lipinski definition) is 3. The number of imidazole rings is 1. The van der Waals surface area contributed by atoms with Gasteiger partial charge in [-0.2, -0.15) is 0 Å². The molecule has 9 heteroatoms. The highest BCUT2D eigenvalue weighted by molar-refractivity contribution is 7.89. The van der Waals surface area contributed by atoms with Crippen LogP contribution in [0, 0.1) is 0 Å². The van der Waals surface area contributed by atoms with E-state index in [2.05, 4.69) is 9.71 Å². The maximum atomic E-state index is 13.0. The van der Waals surface area contributed by atoms with Crippen LogP contribution in [0.5, 0.6) is 0 Å². The summed E-state index contributed by atoms with van der Waals surface area (Å²) in [6, 6.07) is 9.39. The molecule has 3 aromatic rings. The van der Waals surface area contributed by atoms with Gasteiger partial charge in [0.15, 0.2) is 0 Å². The van der Waals surface area contributed by atoms with Crippen molar-refractivity contribution in [2.24, 2.45) is 0 Å². The molecule has 0 bridgehead atoms. The number of hydrogen-bond donors (Lipinski definition) is 1. The first-order chi connectivity index (χ1) is 12.7. The maximum Gasteiger partial charge on any atom is 0.263 e. The molecule has 0 spiro atoms. The number of nitrogens with one attached hydrogen (secondary N) is 1. The van der Waals surface area contributed by atoms with Crippen molar-refractivity contribution in [3.05, 3.63) is 58.9 Å². The molecule has 0 amide bonds. The van der Waals surface area contributed by atoms with Crippen LogP contribution in [0.3, 0.4) is 0 Å². The zero-order chi connectivity index (χ0) is 19.8. The minimum absolute atomic E-state index is 0.0814. The van der Waals surface area contributed by atoms with Crippen LogP contribution in [-0.4, -0.2) is 18.0 Å². The molecule has 27 heavy (non-hydrogen) atoms. The molecule has 1 unspecified atom stereocenters. The van der Waals surface area contributed by atoms with Crippen molar-refractivity contribution < 1.29 is 17.2 Å². The third-order valence-electron chi connectivity index (χ3n) is 4.21. The molecule has 1 atom stereocenters. The van der Waals surface area contributed by atoms with E-state index in [0.29, 0.717) is 28.4 Å². The van der Waals surface area contributed by atoms with Crippen LogP contribution in [0.15, 0.2) is 47.4 Å². The van der Waals surface area contributed by atoms with Crippen LogP contribution in [0.25, 0.3) is 11.0 Å². The van der Waals surface area contributed by atoms with Crippen molar-refractivity contribution in [1.29, 1.82) is 0 Å². The Labute approximate surface area is 161 Å². The Morgan fingerprint density at radius 2 is 1.85 bits per heavy atom. The zero-order valence-corrected chi connectivity index (χ0v) is 16.2. The quantitative estimate of drug-likeness (QED) is 0.637. The molecular formula is C18H18ClF2N3O2S. The number of rotatable bonds is 6. The van der Waals surface area contributed by atoms with Crippen LogP contribution in [0.1, 0.15) is 37.7 Å². The Hall–Kier alpha value is -2.03. The van der Waals surface area contributed by atoms with Crippen molar-refractivity contribution in [2.45, 2.75) is 37.8 Å². The van der Waals surface area contributed by atoms with E-state index in [1.165, 1.54) is 42.5 Å². The van der Waals surface area contributed by atoms with E-state index in [4.69, 9.17) is 11.6 Å². The Kier molecular flexibility index (Phi) is 5.50. The van der Waals surface area contributed by atoms with E-state index in [9.17, 15) is 17.2 Å². The number of aromatic nitrogens is 2. The average Bonchev–Trinajstić information content (AvgIpc) is 2.99. The molecule has 1 N–H and O–H groups in total. The summed E-state index contributed by atoms with van der Waals surface area (Å²) >= 11 is 5.80. The van der Waals surface area contributed by atoms with Crippen LogP contribution < -0.4 is 4.72 Å². The second-order valence-electron chi connectivity index (χ2n) is 6.06. The van der Waals surface area contributed by atoms with Gasteiger partial charge in [0.2, 0.25) is 10.0 Å². The van der Waals surface area contributed by atoms with Gasteiger partial charge in [-0.05, 0) is 50.2 Å². The molecule has 144 valence electrons. The summed E-state index contributed by atoms with van der Waals surface area (Å²) in [7, 11) is -3.79. The molecule has 0 saturated carbocycles. The average molecular weight is 414 g/mol. The first-order valence-corrected chi connectivity index (χ1v) is 10.1. The Bertz CT molecular complexity index is 1070. The molecule has 1 aromatic heterocycles. The van der Waals surface area contributed by atoms with Crippen LogP contribution >= 0.6 is 11.6 Å². The second kappa shape index (κ2) is 7.53. The lowest BCUT2D eigenvalue weighted by molar-refractivity contribution is 0.151. The molecule has 0 aliphatic rings. The SMILES string of the molecule is CCn1c(C(C)NS(=O)(=O)c2ccc(Cl)cc2)nc2ccc(C(F)F)cc21. The van der Waals surface area contributed by atoms with Gasteiger partial charge < -0.3 is 4.57 Å².